The molecule has 1 aromatic carbocycles. The summed E-state index contributed by atoms with van der Waals surface area (Å²) < 4.78 is 65.6. The van der Waals surface area contributed by atoms with E-state index in [9.17, 15) is 31.1 Å². The molecule has 10 nitrogen and oxygen atoms in total. The van der Waals surface area contributed by atoms with Crippen molar-refractivity contribution in [1.82, 2.24) is 24.3 Å². The van der Waals surface area contributed by atoms with Crippen molar-refractivity contribution in [2.75, 3.05) is 19.6 Å². The minimum atomic E-state index is -5.08. The van der Waals surface area contributed by atoms with Crippen molar-refractivity contribution in [3.05, 3.63) is 83.7 Å². The minimum Gasteiger partial charge on any atom is -0.475 e. The number of carbonyl (C=O) groups is 3. The highest BCUT2D eigenvalue weighted by Crippen LogP contribution is 2.50. The summed E-state index contributed by atoms with van der Waals surface area (Å²) in [5.41, 5.74) is 4.29. The van der Waals surface area contributed by atoms with Gasteiger partial charge in [0.2, 0.25) is 5.91 Å². The zero-order valence-corrected chi connectivity index (χ0v) is 25.8. The molecule has 2 unspecified atom stereocenters. The van der Waals surface area contributed by atoms with Crippen LogP contribution in [-0.4, -0.2) is 84.4 Å². The number of rotatable bonds is 6. The molecule has 47 heavy (non-hydrogen) atoms. The van der Waals surface area contributed by atoms with E-state index in [0.29, 0.717) is 12.6 Å². The number of aryl methyl sites for hydroxylation is 1. The zero-order valence-electron chi connectivity index (χ0n) is 25.8. The first kappa shape index (κ1) is 37.0. The van der Waals surface area contributed by atoms with Gasteiger partial charge < -0.3 is 19.7 Å². The molecule has 5 rings (SSSR count). The van der Waals surface area contributed by atoms with Crippen LogP contribution in [0.5, 0.6) is 0 Å². The third kappa shape index (κ3) is 9.76. The fourth-order valence-corrected chi connectivity index (χ4v) is 5.58. The Morgan fingerprint density at radius 2 is 1.62 bits per heavy atom. The Morgan fingerprint density at radius 1 is 1.00 bits per heavy atom. The summed E-state index contributed by atoms with van der Waals surface area (Å²) in [4.78, 5) is 45.3. The van der Waals surface area contributed by atoms with E-state index in [2.05, 4.69) is 65.7 Å². The van der Waals surface area contributed by atoms with Gasteiger partial charge in [-0.2, -0.15) is 26.3 Å². The summed E-state index contributed by atoms with van der Waals surface area (Å²) in [7, 11) is 0. The number of pyridine rings is 1. The lowest BCUT2D eigenvalue weighted by Crippen LogP contribution is -2.39. The van der Waals surface area contributed by atoms with Gasteiger partial charge >= 0.3 is 24.3 Å². The molecule has 1 spiro atoms. The maximum absolute atomic E-state index is 14.0. The van der Waals surface area contributed by atoms with Gasteiger partial charge in [-0.1, -0.05) is 35.9 Å². The third-order valence-corrected chi connectivity index (χ3v) is 7.80. The molecule has 2 N–H and O–H groups in total. The van der Waals surface area contributed by atoms with Crippen LogP contribution in [0.15, 0.2) is 61.3 Å². The predicted molar refractivity (Wildman–Crippen MR) is 156 cm³/mol. The second-order valence-electron chi connectivity index (χ2n) is 11.7. The summed E-state index contributed by atoms with van der Waals surface area (Å²) >= 11 is 0. The molecule has 4 heterocycles. The molecule has 16 heteroatoms. The van der Waals surface area contributed by atoms with Crippen LogP contribution in [0.25, 0.3) is 0 Å². The number of hydrogen-bond donors (Lipinski definition) is 2. The molecular formula is C31H35F6N5O5. The van der Waals surface area contributed by atoms with E-state index >= 15 is 0 Å². The molecule has 0 radical (unpaired) electrons. The SMILES string of the molecule is Cc1cccc(CN2CC(c3cn(C(C)C)cn3)C3(CCN(Cc4cccnc4)C3=O)C2)c1.O=C(O)C(F)(F)F.O=C(O)C(F)(F)F. The zero-order chi connectivity index (χ0) is 35.2. The number of imidazole rings is 1. The summed E-state index contributed by atoms with van der Waals surface area (Å²) in [6.45, 7) is 10.4. The molecule has 2 aliphatic rings. The molecule has 2 saturated heterocycles. The van der Waals surface area contributed by atoms with E-state index in [-0.39, 0.29) is 11.8 Å². The Labute approximate surface area is 266 Å². The molecule has 256 valence electrons. The molecule has 0 bridgehead atoms. The maximum atomic E-state index is 14.0. The van der Waals surface area contributed by atoms with Gasteiger partial charge in [0.15, 0.2) is 0 Å². The number of alkyl halides is 6. The molecule has 0 saturated carbocycles. The highest BCUT2D eigenvalue weighted by atomic mass is 19.4. The Morgan fingerprint density at radius 3 is 2.13 bits per heavy atom. The van der Waals surface area contributed by atoms with E-state index in [1.165, 1.54) is 11.1 Å². The Kier molecular flexibility index (Phi) is 11.8. The normalized spacial score (nSPS) is 19.7. The number of carbonyl (C=O) groups excluding carboxylic acids is 1. The average molecular weight is 672 g/mol. The fourth-order valence-electron chi connectivity index (χ4n) is 5.58. The molecule has 2 aromatic heterocycles. The van der Waals surface area contributed by atoms with Gasteiger partial charge in [-0.15, -0.1) is 0 Å². The van der Waals surface area contributed by atoms with Crippen molar-refractivity contribution in [2.24, 2.45) is 5.41 Å². The van der Waals surface area contributed by atoms with Crippen LogP contribution >= 0.6 is 0 Å². The molecule has 3 aromatic rings. The molecule has 2 atom stereocenters. The van der Waals surface area contributed by atoms with Crippen LogP contribution in [0.4, 0.5) is 26.3 Å². The lowest BCUT2D eigenvalue weighted by molar-refractivity contribution is -0.193. The molecule has 2 fully saturated rings. The van der Waals surface area contributed by atoms with Crippen LogP contribution in [0, 0.1) is 12.3 Å². The Hall–Kier alpha value is -4.47. The minimum absolute atomic E-state index is 0.105. The standard InChI is InChI=1S/C27H33N5O.2C2HF3O2/c1-20(2)32-17-25(29-19-32)24-16-30(14-22-7-4-6-21(3)12-22)18-27(24)9-11-31(26(27)33)15-23-8-5-10-28-13-23;2*3-2(4,5)1(6)7/h4-8,10,12-13,17,19-20,24H,9,11,14-16,18H2,1-3H3;2*(H,6,7). The van der Waals surface area contributed by atoms with Crippen LogP contribution in [0.2, 0.25) is 0 Å². The van der Waals surface area contributed by atoms with Gasteiger partial charge in [-0.05, 0) is 44.4 Å². The van der Waals surface area contributed by atoms with Crippen LogP contribution < -0.4 is 0 Å². The van der Waals surface area contributed by atoms with Crippen molar-refractivity contribution in [2.45, 2.75) is 64.6 Å². The van der Waals surface area contributed by atoms with Crippen molar-refractivity contribution < 1.29 is 50.9 Å². The smallest absolute Gasteiger partial charge is 0.475 e. The highest BCUT2D eigenvalue weighted by Gasteiger charge is 2.57. The molecule has 0 aliphatic carbocycles. The lowest BCUT2D eigenvalue weighted by atomic mass is 9.75. The van der Waals surface area contributed by atoms with Gasteiger partial charge in [-0.25, -0.2) is 14.6 Å². The first-order valence-corrected chi connectivity index (χ1v) is 14.4. The molecular weight excluding hydrogens is 636 g/mol. The van der Waals surface area contributed by atoms with E-state index < -0.39 is 29.7 Å². The van der Waals surface area contributed by atoms with Crippen LogP contribution in [0.1, 0.15) is 54.6 Å². The first-order chi connectivity index (χ1) is 21.8. The van der Waals surface area contributed by atoms with E-state index in [4.69, 9.17) is 24.8 Å². The number of likely N-dealkylation sites (tertiary alicyclic amines) is 2. The monoisotopic (exact) mass is 671 g/mol. The first-order valence-electron chi connectivity index (χ1n) is 14.4. The number of aromatic nitrogens is 3. The third-order valence-electron chi connectivity index (χ3n) is 7.80. The van der Waals surface area contributed by atoms with Crippen molar-refractivity contribution in [3.8, 4) is 0 Å². The van der Waals surface area contributed by atoms with E-state index in [0.717, 1.165) is 43.9 Å². The topological polar surface area (TPSA) is 129 Å². The van der Waals surface area contributed by atoms with Crippen LogP contribution in [-0.2, 0) is 27.5 Å². The number of hydrogen-bond acceptors (Lipinski definition) is 6. The Balaban J connectivity index is 0.000000360. The van der Waals surface area contributed by atoms with Crippen molar-refractivity contribution >= 4 is 17.8 Å². The largest absolute Gasteiger partial charge is 0.490 e. The second kappa shape index (κ2) is 15.0. The fraction of sp³-hybridized carbons (Fsp3) is 0.452. The maximum Gasteiger partial charge on any atom is 0.490 e. The summed E-state index contributed by atoms with van der Waals surface area (Å²) in [6.07, 6.45) is -1.58. The van der Waals surface area contributed by atoms with Crippen LogP contribution in [0.3, 0.4) is 0 Å². The number of aliphatic carboxylic acids is 2. The highest BCUT2D eigenvalue weighted by molar-refractivity contribution is 5.86. The number of amides is 1. The molecule has 1 amide bonds. The van der Waals surface area contributed by atoms with Crippen molar-refractivity contribution in [1.29, 1.82) is 0 Å². The lowest BCUT2D eigenvalue weighted by Gasteiger charge is -2.28. The Bertz CT molecular complexity index is 1500. The summed E-state index contributed by atoms with van der Waals surface area (Å²) in [6, 6.07) is 13.0. The summed E-state index contributed by atoms with van der Waals surface area (Å²) in [5, 5.41) is 14.2. The summed E-state index contributed by atoms with van der Waals surface area (Å²) in [5.74, 6) is -5.14. The van der Waals surface area contributed by atoms with Gasteiger partial charge in [0.25, 0.3) is 0 Å². The van der Waals surface area contributed by atoms with E-state index in [1.807, 2.05) is 29.6 Å². The number of carboxylic acids is 2. The van der Waals surface area contributed by atoms with Gasteiger partial charge in [0, 0.05) is 63.3 Å². The van der Waals surface area contributed by atoms with Crippen molar-refractivity contribution in [3.63, 3.8) is 0 Å². The second-order valence-corrected chi connectivity index (χ2v) is 11.7. The number of halogens is 6. The van der Waals surface area contributed by atoms with Gasteiger partial charge in [0.05, 0.1) is 17.4 Å². The number of benzene rings is 1. The van der Waals surface area contributed by atoms with Gasteiger partial charge in [0.1, 0.15) is 0 Å². The molecule has 2 aliphatic heterocycles. The number of carboxylic acid groups (broad SMARTS) is 2. The predicted octanol–water partition coefficient (Wildman–Crippen LogP) is 5.45. The average Bonchev–Trinajstić information content (AvgIpc) is 3.68. The van der Waals surface area contributed by atoms with Gasteiger partial charge in [-0.3, -0.25) is 14.7 Å². The van der Waals surface area contributed by atoms with E-state index in [1.54, 1.807) is 6.20 Å². The quantitative estimate of drug-likeness (QED) is 0.331. The number of nitrogens with zero attached hydrogens (tertiary/aromatic N) is 5.